The van der Waals surface area contributed by atoms with Crippen LogP contribution in [0.15, 0.2) is 66.9 Å². The van der Waals surface area contributed by atoms with Gasteiger partial charge in [-0.25, -0.2) is 0 Å². The van der Waals surface area contributed by atoms with E-state index in [1.807, 2.05) is 18.3 Å². The number of carbonyl (C=O) groups is 1. The first-order valence-corrected chi connectivity index (χ1v) is 9.31. The summed E-state index contributed by atoms with van der Waals surface area (Å²) in [5, 5.41) is 15.4. The van der Waals surface area contributed by atoms with E-state index in [0.29, 0.717) is 18.1 Å². The van der Waals surface area contributed by atoms with E-state index in [9.17, 15) is 4.79 Å². The summed E-state index contributed by atoms with van der Waals surface area (Å²) in [5.41, 5.74) is 3.30. The molecule has 0 aliphatic carbocycles. The number of para-hydroxylation sites is 1. The maximum absolute atomic E-state index is 12.3. The van der Waals surface area contributed by atoms with Gasteiger partial charge in [0.15, 0.2) is 5.69 Å². The van der Waals surface area contributed by atoms with E-state index < -0.39 is 0 Å². The van der Waals surface area contributed by atoms with E-state index in [-0.39, 0.29) is 11.6 Å². The molecular formula is C22H21N5O2. The second-order valence-corrected chi connectivity index (χ2v) is 6.52. The third kappa shape index (κ3) is 4.35. The summed E-state index contributed by atoms with van der Waals surface area (Å²) in [7, 11) is 1.60. The third-order valence-corrected chi connectivity index (χ3v) is 4.62. The Labute approximate surface area is 168 Å². The molecule has 0 atom stereocenters. The van der Waals surface area contributed by atoms with E-state index in [1.165, 1.54) is 10.9 Å². The highest BCUT2D eigenvalue weighted by Crippen LogP contribution is 2.18. The minimum absolute atomic E-state index is 0.253. The Kier molecular flexibility index (Phi) is 5.38. The quantitative estimate of drug-likeness (QED) is 0.448. The van der Waals surface area contributed by atoms with Crippen LogP contribution in [0.1, 0.15) is 16.1 Å². The summed E-state index contributed by atoms with van der Waals surface area (Å²) in [4.78, 5) is 15.6. The zero-order chi connectivity index (χ0) is 20.1. The van der Waals surface area contributed by atoms with Gasteiger partial charge >= 0.3 is 0 Å². The molecule has 0 fully saturated rings. The smallest absolute Gasteiger partial charge is 0.276 e. The van der Waals surface area contributed by atoms with Crippen LogP contribution in [-0.2, 0) is 6.42 Å². The molecule has 3 N–H and O–H groups in total. The number of anilines is 2. The summed E-state index contributed by atoms with van der Waals surface area (Å²) in [6.07, 6.45) is 2.88. The van der Waals surface area contributed by atoms with Crippen molar-refractivity contribution >= 4 is 28.3 Å². The number of carbonyl (C=O) groups excluding carboxylic acids is 1. The van der Waals surface area contributed by atoms with Crippen molar-refractivity contribution in [2.45, 2.75) is 6.42 Å². The standard InChI is InChI=1S/C22H21N5O2/c1-29-17-8-6-16(7-9-17)25-22(28)20-10-11-21(27-26-20)23-13-12-15-14-24-19-5-3-2-4-18(15)19/h2-11,14,24H,12-13H2,1H3,(H,23,27)(H,25,28). The van der Waals surface area contributed by atoms with Crippen LogP contribution in [0.4, 0.5) is 11.5 Å². The van der Waals surface area contributed by atoms with Gasteiger partial charge in [0.2, 0.25) is 0 Å². The van der Waals surface area contributed by atoms with E-state index in [0.717, 1.165) is 17.7 Å². The van der Waals surface area contributed by atoms with Crippen molar-refractivity contribution in [1.82, 2.24) is 15.2 Å². The molecule has 2 heterocycles. The Morgan fingerprint density at radius 3 is 2.62 bits per heavy atom. The molecule has 0 bridgehead atoms. The minimum Gasteiger partial charge on any atom is -0.497 e. The molecule has 7 heteroatoms. The van der Waals surface area contributed by atoms with Crippen LogP contribution >= 0.6 is 0 Å². The van der Waals surface area contributed by atoms with E-state index >= 15 is 0 Å². The topological polar surface area (TPSA) is 91.9 Å². The predicted octanol–water partition coefficient (Wildman–Crippen LogP) is 3.87. The molecule has 1 amide bonds. The number of amides is 1. The van der Waals surface area contributed by atoms with Gasteiger partial charge in [0.25, 0.3) is 5.91 Å². The zero-order valence-corrected chi connectivity index (χ0v) is 16.0. The summed E-state index contributed by atoms with van der Waals surface area (Å²) >= 11 is 0. The lowest BCUT2D eigenvalue weighted by atomic mass is 10.1. The average Bonchev–Trinajstić information content (AvgIpc) is 3.18. The predicted molar refractivity (Wildman–Crippen MR) is 113 cm³/mol. The fourth-order valence-corrected chi connectivity index (χ4v) is 3.08. The fraction of sp³-hybridized carbons (Fsp3) is 0.136. The first-order chi connectivity index (χ1) is 14.2. The number of methoxy groups -OCH3 is 1. The zero-order valence-electron chi connectivity index (χ0n) is 16.0. The molecule has 29 heavy (non-hydrogen) atoms. The molecule has 0 spiro atoms. The molecule has 4 rings (SSSR count). The van der Waals surface area contributed by atoms with Crippen molar-refractivity contribution < 1.29 is 9.53 Å². The largest absolute Gasteiger partial charge is 0.497 e. The number of aromatic nitrogens is 3. The second-order valence-electron chi connectivity index (χ2n) is 6.52. The fourth-order valence-electron chi connectivity index (χ4n) is 3.08. The number of benzene rings is 2. The van der Waals surface area contributed by atoms with Crippen molar-refractivity contribution in [3.63, 3.8) is 0 Å². The van der Waals surface area contributed by atoms with Gasteiger partial charge < -0.3 is 20.4 Å². The van der Waals surface area contributed by atoms with Crippen LogP contribution in [0, 0.1) is 0 Å². The summed E-state index contributed by atoms with van der Waals surface area (Å²) in [6, 6.07) is 18.7. The van der Waals surface area contributed by atoms with Crippen molar-refractivity contribution in [2.75, 3.05) is 24.3 Å². The molecule has 7 nitrogen and oxygen atoms in total. The number of aromatic amines is 1. The SMILES string of the molecule is COc1ccc(NC(=O)c2ccc(NCCc3c[nH]c4ccccc34)nn2)cc1. The lowest BCUT2D eigenvalue weighted by molar-refractivity contribution is 0.102. The molecule has 0 saturated carbocycles. The molecule has 0 saturated heterocycles. The average molecular weight is 387 g/mol. The number of hydrogen-bond donors (Lipinski definition) is 3. The van der Waals surface area contributed by atoms with Gasteiger partial charge in [0, 0.05) is 29.3 Å². The summed E-state index contributed by atoms with van der Waals surface area (Å²) in [6.45, 7) is 0.716. The number of hydrogen-bond acceptors (Lipinski definition) is 5. The normalized spacial score (nSPS) is 10.7. The van der Waals surface area contributed by atoms with E-state index in [1.54, 1.807) is 43.5 Å². The van der Waals surface area contributed by atoms with Gasteiger partial charge in [-0.2, -0.15) is 0 Å². The maximum atomic E-state index is 12.3. The van der Waals surface area contributed by atoms with Gasteiger partial charge in [-0.15, -0.1) is 10.2 Å². The van der Waals surface area contributed by atoms with Crippen LogP contribution in [0.2, 0.25) is 0 Å². The van der Waals surface area contributed by atoms with E-state index in [2.05, 4.69) is 37.9 Å². The highest BCUT2D eigenvalue weighted by atomic mass is 16.5. The number of ether oxygens (including phenoxy) is 1. The van der Waals surface area contributed by atoms with Crippen LogP contribution in [0.5, 0.6) is 5.75 Å². The van der Waals surface area contributed by atoms with Gasteiger partial charge in [-0.05, 0) is 54.4 Å². The van der Waals surface area contributed by atoms with E-state index in [4.69, 9.17) is 4.74 Å². The Bertz CT molecular complexity index is 1100. The first-order valence-electron chi connectivity index (χ1n) is 9.31. The number of nitrogens with zero attached hydrogens (tertiary/aromatic N) is 2. The van der Waals surface area contributed by atoms with Gasteiger partial charge in [0.05, 0.1) is 7.11 Å². The molecule has 146 valence electrons. The van der Waals surface area contributed by atoms with Crippen molar-refractivity contribution in [1.29, 1.82) is 0 Å². The molecule has 0 radical (unpaired) electrons. The summed E-state index contributed by atoms with van der Waals surface area (Å²) in [5.74, 6) is 1.05. The third-order valence-electron chi connectivity index (χ3n) is 4.62. The Hall–Kier alpha value is -3.87. The van der Waals surface area contributed by atoms with Crippen LogP contribution in [-0.4, -0.2) is 34.7 Å². The van der Waals surface area contributed by atoms with Crippen LogP contribution in [0.25, 0.3) is 10.9 Å². The molecule has 2 aromatic carbocycles. The highest BCUT2D eigenvalue weighted by molar-refractivity contribution is 6.02. The van der Waals surface area contributed by atoms with Crippen LogP contribution in [0.3, 0.4) is 0 Å². The Morgan fingerprint density at radius 1 is 1.03 bits per heavy atom. The molecule has 0 aliphatic heterocycles. The van der Waals surface area contributed by atoms with Crippen molar-refractivity contribution in [3.8, 4) is 5.75 Å². The van der Waals surface area contributed by atoms with Crippen molar-refractivity contribution in [3.05, 3.63) is 78.1 Å². The monoisotopic (exact) mass is 387 g/mol. The van der Waals surface area contributed by atoms with Gasteiger partial charge in [-0.1, -0.05) is 18.2 Å². The lowest BCUT2D eigenvalue weighted by Gasteiger charge is -2.07. The maximum Gasteiger partial charge on any atom is 0.276 e. The number of H-pyrrole nitrogens is 1. The van der Waals surface area contributed by atoms with Crippen molar-refractivity contribution in [2.24, 2.45) is 0 Å². The number of nitrogens with one attached hydrogen (secondary N) is 3. The summed E-state index contributed by atoms with van der Waals surface area (Å²) < 4.78 is 5.11. The number of fused-ring (bicyclic) bond motifs is 1. The second kappa shape index (κ2) is 8.43. The lowest BCUT2D eigenvalue weighted by Crippen LogP contribution is -2.15. The van der Waals surface area contributed by atoms with Gasteiger partial charge in [0.1, 0.15) is 11.6 Å². The number of rotatable bonds is 7. The first kappa shape index (κ1) is 18.5. The Morgan fingerprint density at radius 2 is 1.86 bits per heavy atom. The highest BCUT2D eigenvalue weighted by Gasteiger charge is 2.09. The molecular weight excluding hydrogens is 366 g/mol. The molecule has 4 aromatic rings. The molecule has 0 aliphatic rings. The van der Waals surface area contributed by atoms with Crippen LogP contribution < -0.4 is 15.4 Å². The van der Waals surface area contributed by atoms with Gasteiger partial charge in [-0.3, -0.25) is 4.79 Å². The molecule has 2 aromatic heterocycles. The Balaban J connectivity index is 1.32. The minimum atomic E-state index is -0.312. The molecule has 0 unspecified atom stereocenters.